The highest BCUT2D eigenvalue weighted by molar-refractivity contribution is 7.99. The maximum Gasteiger partial charge on any atom is 0.208 e. The van der Waals surface area contributed by atoms with Crippen molar-refractivity contribution in [3.8, 4) is 11.4 Å². The molecule has 3 aromatic rings. The van der Waals surface area contributed by atoms with E-state index in [2.05, 4.69) is 76.7 Å². The van der Waals surface area contributed by atoms with Crippen LogP contribution in [-0.2, 0) is 12.8 Å². The molecule has 0 spiro atoms. The van der Waals surface area contributed by atoms with Gasteiger partial charge in [0.05, 0.1) is 0 Å². The normalized spacial score (nSPS) is 10.8. The third-order valence-corrected chi connectivity index (χ3v) is 4.72. The van der Waals surface area contributed by atoms with E-state index < -0.39 is 0 Å². The van der Waals surface area contributed by atoms with Crippen LogP contribution in [0.15, 0.2) is 59.8 Å². The number of aromatic nitrogens is 3. The molecule has 1 aromatic heterocycles. The molecule has 2 aromatic carbocycles. The first kappa shape index (κ1) is 15.8. The van der Waals surface area contributed by atoms with Crippen molar-refractivity contribution in [2.45, 2.75) is 31.3 Å². The molecule has 4 heteroatoms. The molecular weight excluding hydrogens is 302 g/mol. The summed E-state index contributed by atoms with van der Waals surface area (Å²) in [7, 11) is 0. The second-order valence-corrected chi connectivity index (χ2v) is 6.52. The Hall–Kier alpha value is -2.07. The first-order valence-corrected chi connectivity index (χ1v) is 9.02. The molecular formula is C19H21N3S. The molecule has 0 fully saturated rings. The van der Waals surface area contributed by atoms with Gasteiger partial charge in [-0.3, -0.25) is 5.10 Å². The molecule has 0 aliphatic heterocycles. The Bertz CT molecular complexity index is 720. The number of aromatic amines is 1. The molecule has 118 valence electrons. The molecule has 0 radical (unpaired) electrons. The molecule has 3 rings (SSSR count). The van der Waals surface area contributed by atoms with Crippen molar-refractivity contribution < 1.29 is 0 Å². The number of nitrogens with one attached hydrogen (secondary N) is 1. The Labute approximate surface area is 141 Å². The standard InChI is InChI=1S/C19H21N3S/c1-2-15-10-12-17(13-11-15)18-20-19(22-21-18)23-14-6-9-16-7-4-3-5-8-16/h3-5,7-8,10-13H,2,6,9,14H2,1H3,(H,20,21,22). The summed E-state index contributed by atoms with van der Waals surface area (Å²) < 4.78 is 0. The van der Waals surface area contributed by atoms with Gasteiger partial charge in [0.1, 0.15) is 0 Å². The van der Waals surface area contributed by atoms with Crippen molar-refractivity contribution in [3.05, 3.63) is 65.7 Å². The third-order valence-electron chi connectivity index (χ3n) is 3.78. The molecule has 0 aliphatic rings. The summed E-state index contributed by atoms with van der Waals surface area (Å²) in [4.78, 5) is 4.58. The lowest BCUT2D eigenvalue weighted by molar-refractivity contribution is 0.921. The first-order chi connectivity index (χ1) is 11.3. The van der Waals surface area contributed by atoms with E-state index in [0.29, 0.717) is 0 Å². The van der Waals surface area contributed by atoms with Crippen LogP contribution in [0.25, 0.3) is 11.4 Å². The van der Waals surface area contributed by atoms with E-state index in [4.69, 9.17) is 0 Å². The SMILES string of the molecule is CCc1ccc(-c2nc(SCCCc3ccccc3)n[nH]2)cc1. The number of thioether (sulfide) groups is 1. The molecule has 0 saturated heterocycles. The van der Waals surface area contributed by atoms with Gasteiger partial charge in [0.15, 0.2) is 5.82 Å². The van der Waals surface area contributed by atoms with E-state index in [1.54, 1.807) is 11.8 Å². The molecule has 0 aliphatic carbocycles. The van der Waals surface area contributed by atoms with Gasteiger partial charge >= 0.3 is 0 Å². The maximum atomic E-state index is 4.58. The van der Waals surface area contributed by atoms with Gasteiger partial charge in [-0.1, -0.05) is 73.3 Å². The summed E-state index contributed by atoms with van der Waals surface area (Å²) in [6.45, 7) is 2.16. The topological polar surface area (TPSA) is 41.6 Å². The molecule has 0 amide bonds. The summed E-state index contributed by atoms with van der Waals surface area (Å²) >= 11 is 1.71. The Kier molecular flexibility index (Phi) is 5.48. The fourth-order valence-electron chi connectivity index (χ4n) is 2.42. The monoisotopic (exact) mass is 323 g/mol. The second kappa shape index (κ2) is 7.97. The van der Waals surface area contributed by atoms with Crippen molar-refractivity contribution in [2.75, 3.05) is 5.75 Å². The summed E-state index contributed by atoms with van der Waals surface area (Å²) in [6, 6.07) is 19.1. The minimum absolute atomic E-state index is 0.827. The van der Waals surface area contributed by atoms with Crippen LogP contribution in [0.5, 0.6) is 0 Å². The first-order valence-electron chi connectivity index (χ1n) is 8.03. The van der Waals surface area contributed by atoms with E-state index in [0.717, 1.165) is 41.6 Å². The summed E-state index contributed by atoms with van der Waals surface area (Å²) in [6.07, 6.45) is 3.28. The molecule has 0 bridgehead atoms. The van der Waals surface area contributed by atoms with E-state index in [1.165, 1.54) is 11.1 Å². The van der Waals surface area contributed by atoms with Crippen molar-refractivity contribution in [3.63, 3.8) is 0 Å². The zero-order valence-corrected chi connectivity index (χ0v) is 14.1. The lowest BCUT2D eigenvalue weighted by Gasteiger charge is -1.99. The predicted octanol–water partition coefficient (Wildman–Crippen LogP) is 4.76. The second-order valence-electron chi connectivity index (χ2n) is 5.45. The highest BCUT2D eigenvalue weighted by Crippen LogP contribution is 2.20. The van der Waals surface area contributed by atoms with E-state index in [1.807, 2.05) is 0 Å². The van der Waals surface area contributed by atoms with Gasteiger partial charge < -0.3 is 0 Å². The number of aryl methyl sites for hydroxylation is 2. The fourth-order valence-corrected chi connectivity index (χ4v) is 3.16. The Morgan fingerprint density at radius 2 is 1.74 bits per heavy atom. The molecule has 23 heavy (non-hydrogen) atoms. The molecule has 1 N–H and O–H groups in total. The average Bonchev–Trinajstić information content (AvgIpc) is 3.09. The van der Waals surface area contributed by atoms with Crippen molar-refractivity contribution in [1.82, 2.24) is 15.2 Å². The lowest BCUT2D eigenvalue weighted by Crippen LogP contribution is -1.88. The fraction of sp³-hybridized carbons (Fsp3) is 0.263. The van der Waals surface area contributed by atoms with Crippen molar-refractivity contribution in [1.29, 1.82) is 0 Å². The number of hydrogen-bond acceptors (Lipinski definition) is 3. The minimum Gasteiger partial charge on any atom is -0.258 e. The van der Waals surface area contributed by atoms with Gasteiger partial charge in [0, 0.05) is 11.3 Å². The molecule has 0 saturated carbocycles. The van der Waals surface area contributed by atoms with Gasteiger partial charge in [0.25, 0.3) is 0 Å². The Morgan fingerprint density at radius 1 is 0.957 bits per heavy atom. The van der Waals surface area contributed by atoms with Gasteiger partial charge in [-0.2, -0.15) is 0 Å². The molecule has 3 nitrogen and oxygen atoms in total. The zero-order valence-electron chi connectivity index (χ0n) is 13.3. The van der Waals surface area contributed by atoms with Crippen LogP contribution >= 0.6 is 11.8 Å². The summed E-state index contributed by atoms with van der Waals surface area (Å²) in [5.74, 6) is 1.87. The van der Waals surface area contributed by atoms with Crippen LogP contribution in [0.4, 0.5) is 0 Å². The number of H-pyrrole nitrogens is 1. The smallest absolute Gasteiger partial charge is 0.208 e. The van der Waals surface area contributed by atoms with Gasteiger partial charge in [-0.25, -0.2) is 4.98 Å². The molecule has 0 atom stereocenters. The van der Waals surface area contributed by atoms with Crippen molar-refractivity contribution in [2.24, 2.45) is 0 Å². The third kappa shape index (κ3) is 4.45. The van der Waals surface area contributed by atoms with Crippen molar-refractivity contribution >= 4 is 11.8 Å². The van der Waals surface area contributed by atoms with Crippen LogP contribution in [0.1, 0.15) is 24.5 Å². The summed E-state index contributed by atoms with van der Waals surface area (Å²) in [5, 5.41) is 8.17. The highest BCUT2D eigenvalue weighted by Gasteiger charge is 2.06. The van der Waals surface area contributed by atoms with E-state index >= 15 is 0 Å². The number of benzene rings is 2. The Balaban J connectivity index is 1.51. The largest absolute Gasteiger partial charge is 0.258 e. The van der Waals surface area contributed by atoms with Crippen LogP contribution in [-0.4, -0.2) is 20.9 Å². The van der Waals surface area contributed by atoms with Gasteiger partial charge in [-0.15, -0.1) is 5.10 Å². The predicted molar refractivity (Wildman–Crippen MR) is 96.7 cm³/mol. The molecule has 0 unspecified atom stereocenters. The zero-order chi connectivity index (χ0) is 15.9. The maximum absolute atomic E-state index is 4.58. The van der Waals surface area contributed by atoms with Gasteiger partial charge in [0.2, 0.25) is 5.16 Å². The Morgan fingerprint density at radius 3 is 2.48 bits per heavy atom. The van der Waals surface area contributed by atoms with Gasteiger partial charge in [-0.05, 0) is 30.4 Å². The number of hydrogen-bond donors (Lipinski definition) is 1. The van der Waals surface area contributed by atoms with Crippen LogP contribution < -0.4 is 0 Å². The van der Waals surface area contributed by atoms with Crippen LogP contribution in [0.2, 0.25) is 0 Å². The summed E-state index contributed by atoms with van der Waals surface area (Å²) in [5.41, 5.74) is 3.81. The average molecular weight is 323 g/mol. The van der Waals surface area contributed by atoms with Crippen LogP contribution in [0, 0.1) is 0 Å². The quantitative estimate of drug-likeness (QED) is 0.503. The van der Waals surface area contributed by atoms with E-state index in [9.17, 15) is 0 Å². The highest BCUT2D eigenvalue weighted by atomic mass is 32.2. The number of nitrogens with zero attached hydrogens (tertiary/aromatic N) is 2. The molecule has 1 heterocycles. The van der Waals surface area contributed by atoms with E-state index in [-0.39, 0.29) is 0 Å². The number of rotatable bonds is 7. The minimum atomic E-state index is 0.827. The van der Waals surface area contributed by atoms with Crippen LogP contribution in [0.3, 0.4) is 0 Å². The lowest BCUT2D eigenvalue weighted by atomic mass is 10.1.